The third-order valence-electron chi connectivity index (χ3n) is 4.54. The van der Waals surface area contributed by atoms with E-state index in [0.717, 1.165) is 5.56 Å². The van der Waals surface area contributed by atoms with Crippen molar-refractivity contribution in [3.8, 4) is 0 Å². The average Bonchev–Trinajstić information content (AvgIpc) is 2.68. The van der Waals surface area contributed by atoms with E-state index in [1.165, 1.54) is 11.0 Å². The van der Waals surface area contributed by atoms with Gasteiger partial charge in [0.15, 0.2) is 0 Å². The summed E-state index contributed by atoms with van der Waals surface area (Å²) in [5.74, 6) is -0.751. The van der Waals surface area contributed by atoms with Crippen molar-refractivity contribution >= 4 is 35.0 Å². The Morgan fingerprint density at radius 2 is 1.63 bits per heavy atom. The Labute approximate surface area is 182 Å². The van der Waals surface area contributed by atoms with Crippen LogP contribution in [0.4, 0.5) is 5.69 Å². The number of halogens is 1. The molecule has 160 valence electrons. The van der Waals surface area contributed by atoms with Gasteiger partial charge in [0.2, 0.25) is 5.91 Å². The first-order valence-corrected chi connectivity index (χ1v) is 10.1. The molecule has 0 saturated carbocycles. The molecule has 0 aliphatic rings. The van der Waals surface area contributed by atoms with Crippen LogP contribution in [-0.2, 0) is 10.2 Å². The Kier molecular flexibility index (Phi) is 7.62. The second-order valence-corrected chi connectivity index (χ2v) is 8.68. The molecular weight excluding hydrogens is 402 g/mol. The molecule has 3 amide bonds. The Morgan fingerprint density at radius 3 is 2.20 bits per heavy atom. The number of carbonyl (C=O) groups excluding carboxylic acids is 3. The minimum atomic E-state index is -0.274. The molecule has 0 aliphatic carbocycles. The lowest BCUT2D eigenvalue weighted by molar-refractivity contribution is -0.116. The minimum absolute atomic E-state index is 0.0196. The highest BCUT2D eigenvalue weighted by molar-refractivity contribution is 6.34. The maximum absolute atomic E-state index is 12.3. The Balaban J connectivity index is 1.89. The quantitative estimate of drug-likeness (QED) is 0.725. The Hall–Kier alpha value is -2.86. The molecule has 0 saturated heterocycles. The second kappa shape index (κ2) is 9.76. The van der Waals surface area contributed by atoms with E-state index in [0.29, 0.717) is 21.8 Å². The van der Waals surface area contributed by atoms with Gasteiger partial charge in [0, 0.05) is 38.3 Å². The second-order valence-electron chi connectivity index (χ2n) is 8.28. The molecule has 0 aromatic heterocycles. The number of carbonyl (C=O) groups is 3. The van der Waals surface area contributed by atoms with Gasteiger partial charge in [0.05, 0.1) is 10.6 Å². The van der Waals surface area contributed by atoms with Gasteiger partial charge in [-0.3, -0.25) is 14.4 Å². The zero-order valence-corrected chi connectivity index (χ0v) is 18.8. The zero-order chi connectivity index (χ0) is 22.5. The highest BCUT2D eigenvalue weighted by Gasteiger charge is 2.15. The van der Waals surface area contributed by atoms with E-state index in [2.05, 4.69) is 31.4 Å². The van der Waals surface area contributed by atoms with Crippen molar-refractivity contribution in [3.63, 3.8) is 0 Å². The standard InChI is InChI=1S/C23H28ClN3O3/c1-23(2,3)16-8-6-15(7-9-16)21(29)25-13-12-20(28)26-17-10-11-19(24)18(14-17)22(30)27(4)5/h6-11,14H,12-13H2,1-5H3,(H,25,29)(H,26,28). The van der Waals surface area contributed by atoms with Crippen LogP contribution in [0.15, 0.2) is 42.5 Å². The van der Waals surface area contributed by atoms with Gasteiger partial charge < -0.3 is 15.5 Å². The number of rotatable bonds is 6. The maximum Gasteiger partial charge on any atom is 0.254 e. The summed E-state index contributed by atoms with van der Waals surface area (Å²) in [6.45, 7) is 6.53. The van der Waals surface area contributed by atoms with Crippen LogP contribution in [0, 0.1) is 0 Å². The molecule has 2 aromatic rings. The van der Waals surface area contributed by atoms with Crippen molar-refractivity contribution < 1.29 is 14.4 Å². The maximum atomic E-state index is 12.3. The molecule has 0 unspecified atom stereocenters. The molecule has 30 heavy (non-hydrogen) atoms. The number of anilines is 1. The molecule has 0 radical (unpaired) electrons. The lowest BCUT2D eigenvalue weighted by Crippen LogP contribution is -2.28. The van der Waals surface area contributed by atoms with Gasteiger partial charge in [-0.25, -0.2) is 0 Å². The van der Waals surface area contributed by atoms with Crippen molar-refractivity contribution in [1.29, 1.82) is 0 Å². The fourth-order valence-corrected chi connectivity index (χ4v) is 2.94. The number of hydrogen-bond donors (Lipinski definition) is 2. The van der Waals surface area contributed by atoms with Gasteiger partial charge in [0.1, 0.15) is 0 Å². The molecule has 0 aliphatic heterocycles. The van der Waals surface area contributed by atoms with Crippen LogP contribution in [0.2, 0.25) is 5.02 Å². The predicted octanol–water partition coefficient (Wildman–Crippen LogP) is 4.10. The summed E-state index contributed by atoms with van der Waals surface area (Å²) in [7, 11) is 3.26. The van der Waals surface area contributed by atoms with Crippen LogP contribution in [0.3, 0.4) is 0 Å². The van der Waals surface area contributed by atoms with Crippen LogP contribution < -0.4 is 10.6 Å². The number of amides is 3. The zero-order valence-electron chi connectivity index (χ0n) is 18.0. The van der Waals surface area contributed by atoms with Crippen LogP contribution in [0.25, 0.3) is 0 Å². The summed E-state index contributed by atoms with van der Waals surface area (Å²) in [4.78, 5) is 38.0. The normalized spacial score (nSPS) is 11.0. The van der Waals surface area contributed by atoms with E-state index in [9.17, 15) is 14.4 Å². The molecule has 2 rings (SSSR count). The van der Waals surface area contributed by atoms with E-state index >= 15 is 0 Å². The Bertz CT molecular complexity index is 932. The number of nitrogens with zero attached hydrogens (tertiary/aromatic N) is 1. The predicted molar refractivity (Wildman–Crippen MR) is 120 cm³/mol. The van der Waals surface area contributed by atoms with Crippen molar-refractivity contribution in [3.05, 3.63) is 64.2 Å². The molecule has 0 spiro atoms. The van der Waals surface area contributed by atoms with Crippen molar-refractivity contribution in [2.45, 2.75) is 32.6 Å². The van der Waals surface area contributed by atoms with E-state index in [4.69, 9.17) is 11.6 Å². The third kappa shape index (κ3) is 6.32. The first-order valence-electron chi connectivity index (χ1n) is 9.69. The highest BCUT2D eigenvalue weighted by atomic mass is 35.5. The van der Waals surface area contributed by atoms with Gasteiger partial charge in [-0.15, -0.1) is 0 Å². The molecule has 0 fully saturated rings. The first kappa shape index (κ1) is 23.4. The van der Waals surface area contributed by atoms with Crippen molar-refractivity contribution in [2.75, 3.05) is 26.0 Å². The molecule has 2 N–H and O–H groups in total. The lowest BCUT2D eigenvalue weighted by Gasteiger charge is -2.19. The third-order valence-corrected chi connectivity index (χ3v) is 4.87. The number of benzene rings is 2. The fraction of sp³-hybridized carbons (Fsp3) is 0.348. The summed E-state index contributed by atoms with van der Waals surface area (Å²) in [5.41, 5.74) is 2.50. The minimum Gasteiger partial charge on any atom is -0.352 e. The van der Waals surface area contributed by atoms with Gasteiger partial charge in [0.25, 0.3) is 11.8 Å². The fourth-order valence-electron chi connectivity index (χ4n) is 2.74. The molecule has 7 heteroatoms. The van der Waals surface area contributed by atoms with Crippen LogP contribution >= 0.6 is 11.6 Å². The molecule has 0 heterocycles. The SMILES string of the molecule is CN(C)C(=O)c1cc(NC(=O)CCNC(=O)c2ccc(C(C)(C)C)cc2)ccc1Cl. The summed E-state index contributed by atoms with van der Waals surface area (Å²) in [5, 5.41) is 5.78. The van der Waals surface area contributed by atoms with E-state index < -0.39 is 0 Å². The molecule has 2 aromatic carbocycles. The van der Waals surface area contributed by atoms with Gasteiger partial charge in [-0.2, -0.15) is 0 Å². The van der Waals surface area contributed by atoms with Crippen LogP contribution in [0.5, 0.6) is 0 Å². The Morgan fingerprint density at radius 1 is 1.00 bits per heavy atom. The van der Waals surface area contributed by atoms with E-state index in [1.807, 2.05) is 12.1 Å². The van der Waals surface area contributed by atoms with Gasteiger partial charge in [-0.1, -0.05) is 44.5 Å². The largest absolute Gasteiger partial charge is 0.352 e. The topological polar surface area (TPSA) is 78.5 Å². The monoisotopic (exact) mass is 429 g/mol. The van der Waals surface area contributed by atoms with Gasteiger partial charge in [-0.05, 0) is 41.3 Å². The summed E-state index contributed by atoms with van der Waals surface area (Å²) in [6.07, 6.45) is 0.103. The molecular formula is C23H28ClN3O3. The van der Waals surface area contributed by atoms with Crippen molar-refractivity contribution in [2.24, 2.45) is 0 Å². The summed E-state index contributed by atoms with van der Waals surface area (Å²) in [6, 6.07) is 12.2. The van der Waals surface area contributed by atoms with Crippen LogP contribution in [-0.4, -0.2) is 43.3 Å². The van der Waals surface area contributed by atoms with E-state index in [-0.39, 0.29) is 36.1 Å². The number of nitrogens with one attached hydrogen (secondary N) is 2. The number of hydrogen-bond acceptors (Lipinski definition) is 3. The van der Waals surface area contributed by atoms with Gasteiger partial charge >= 0.3 is 0 Å². The van der Waals surface area contributed by atoms with Crippen LogP contribution in [0.1, 0.15) is 53.5 Å². The highest BCUT2D eigenvalue weighted by Crippen LogP contribution is 2.23. The van der Waals surface area contributed by atoms with Crippen molar-refractivity contribution in [1.82, 2.24) is 10.2 Å². The molecule has 0 atom stereocenters. The molecule has 0 bridgehead atoms. The summed E-state index contributed by atoms with van der Waals surface area (Å²) < 4.78 is 0. The smallest absolute Gasteiger partial charge is 0.254 e. The lowest BCUT2D eigenvalue weighted by atomic mass is 9.87. The summed E-state index contributed by atoms with van der Waals surface area (Å²) >= 11 is 6.08. The molecule has 6 nitrogen and oxygen atoms in total. The van der Waals surface area contributed by atoms with E-state index in [1.54, 1.807) is 38.4 Å². The first-order chi connectivity index (χ1) is 14.0. The average molecular weight is 430 g/mol.